The van der Waals surface area contributed by atoms with Crippen LogP contribution in [0, 0.1) is 0 Å². The number of imide groups is 2. The predicted molar refractivity (Wildman–Crippen MR) is 137 cm³/mol. The Kier molecular flexibility index (Phi) is 6.61. The summed E-state index contributed by atoms with van der Waals surface area (Å²) in [6.45, 7) is 0.224. The van der Waals surface area contributed by atoms with Gasteiger partial charge in [0.1, 0.15) is 12.2 Å². The molecular weight excluding hydrogens is 575 g/mol. The molecular formula is C25H15BrCl2N2O6. The minimum Gasteiger partial charge on any atom is -0.486 e. The lowest BCUT2D eigenvalue weighted by molar-refractivity contribution is -0.122. The van der Waals surface area contributed by atoms with Crippen LogP contribution in [0.1, 0.15) is 11.1 Å². The molecule has 1 N–H and O–H groups in total. The summed E-state index contributed by atoms with van der Waals surface area (Å²) in [7, 11) is 0. The number of amides is 4. The molecule has 0 aromatic heterocycles. The highest BCUT2D eigenvalue weighted by Crippen LogP contribution is 2.38. The van der Waals surface area contributed by atoms with Crippen molar-refractivity contribution in [1.82, 2.24) is 5.32 Å². The van der Waals surface area contributed by atoms with Crippen molar-refractivity contribution in [1.29, 1.82) is 0 Å². The maximum Gasteiger partial charge on any atom is 0.335 e. The van der Waals surface area contributed by atoms with Crippen molar-refractivity contribution >= 4 is 68.7 Å². The molecule has 36 heavy (non-hydrogen) atoms. The van der Waals surface area contributed by atoms with Crippen molar-refractivity contribution < 1.29 is 28.6 Å². The quantitative estimate of drug-likeness (QED) is 0.302. The van der Waals surface area contributed by atoms with Gasteiger partial charge in [0.2, 0.25) is 6.79 Å². The van der Waals surface area contributed by atoms with Gasteiger partial charge in [-0.05, 0) is 57.9 Å². The average molecular weight is 590 g/mol. The van der Waals surface area contributed by atoms with Gasteiger partial charge < -0.3 is 14.2 Å². The molecule has 0 atom stereocenters. The monoisotopic (exact) mass is 588 g/mol. The molecule has 3 aromatic carbocycles. The lowest BCUT2D eigenvalue weighted by Gasteiger charge is -2.26. The number of hydrogen-bond donors (Lipinski definition) is 1. The van der Waals surface area contributed by atoms with Gasteiger partial charge in [-0.3, -0.25) is 14.9 Å². The van der Waals surface area contributed by atoms with Gasteiger partial charge in [0, 0.05) is 16.7 Å². The number of hydrogen-bond acceptors (Lipinski definition) is 6. The molecule has 2 aliphatic rings. The zero-order valence-corrected chi connectivity index (χ0v) is 21.3. The highest BCUT2D eigenvalue weighted by Gasteiger charge is 2.37. The number of rotatable bonds is 5. The Morgan fingerprint density at radius 3 is 2.56 bits per heavy atom. The van der Waals surface area contributed by atoms with Gasteiger partial charge in [0.15, 0.2) is 17.2 Å². The fourth-order valence-electron chi connectivity index (χ4n) is 3.65. The molecule has 2 aliphatic heterocycles. The van der Waals surface area contributed by atoms with Crippen LogP contribution in [0.3, 0.4) is 0 Å². The molecule has 0 spiro atoms. The number of urea groups is 1. The Morgan fingerprint density at radius 2 is 1.78 bits per heavy atom. The highest BCUT2D eigenvalue weighted by atomic mass is 79.9. The number of ether oxygens (including phenoxy) is 3. The first-order chi connectivity index (χ1) is 17.3. The maximum atomic E-state index is 13.2. The molecule has 8 nitrogen and oxygen atoms in total. The SMILES string of the molecule is O=C1NC(=O)N(c2ccc3c(c2)OCO3)C(=O)/C1=C/c1cc(Cl)c(OCc2ccccc2Cl)c(Br)c1. The van der Waals surface area contributed by atoms with E-state index in [9.17, 15) is 14.4 Å². The number of nitrogens with one attached hydrogen (secondary N) is 1. The molecule has 0 saturated carbocycles. The summed E-state index contributed by atoms with van der Waals surface area (Å²) in [6, 6.07) is 14.2. The third-order valence-electron chi connectivity index (χ3n) is 5.38. The van der Waals surface area contributed by atoms with Crippen molar-refractivity contribution in [2.75, 3.05) is 11.7 Å². The lowest BCUT2D eigenvalue weighted by atomic mass is 10.1. The zero-order valence-electron chi connectivity index (χ0n) is 18.2. The van der Waals surface area contributed by atoms with Gasteiger partial charge in [-0.25, -0.2) is 9.69 Å². The summed E-state index contributed by atoms with van der Waals surface area (Å²) in [5, 5.41) is 3.00. The number of halogens is 3. The number of nitrogens with zero attached hydrogens (tertiary/aromatic N) is 1. The molecule has 0 bridgehead atoms. The zero-order chi connectivity index (χ0) is 25.4. The number of carbonyl (C=O) groups is 3. The minimum absolute atomic E-state index is 0.0380. The summed E-state index contributed by atoms with van der Waals surface area (Å²) < 4.78 is 16.9. The third kappa shape index (κ3) is 4.65. The van der Waals surface area contributed by atoms with E-state index in [-0.39, 0.29) is 29.7 Å². The van der Waals surface area contributed by atoms with Crippen LogP contribution in [-0.4, -0.2) is 24.6 Å². The second-order valence-electron chi connectivity index (χ2n) is 7.69. The number of benzene rings is 3. The normalized spacial score (nSPS) is 15.9. The Balaban J connectivity index is 1.42. The summed E-state index contributed by atoms with van der Waals surface area (Å²) in [6.07, 6.45) is 1.35. The van der Waals surface area contributed by atoms with Crippen molar-refractivity contribution in [3.05, 3.63) is 85.8 Å². The Labute approximate surface area is 223 Å². The van der Waals surface area contributed by atoms with Crippen molar-refractivity contribution in [2.45, 2.75) is 6.61 Å². The average Bonchev–Trinajstić information content (AvgIpc) is 3.30. The van der Waals surface area contributed by atoms with Crippen molar-refractivity contribution in [3.63, 3.8) is 0 Å². The molecule has 4 amide bonds. The fourth-order valence-corrected chi connectivity index (χ4v) is 4.83. The van der Waals surface area contributed by atoms with E-state index in [0.717, 1.165) is 10.5 Å². The molecule has 1 saturated heterocycles. The van der Waals surface area contributed by atoms with E-state index in [1.165, 1.54) is 18.2 Å². The van der Waals surface area contributed by atoms with Crippen LogP contribution in [-0.2, 0) is 16.2 Å². The molecule has 1 fully saturated rings. The van der Waals surface area contributed by atoms with E-state index in [1.54, 1.807) is 24.3 Å². The largest absolute Gasteiger partial charge is 0.486 e. The van der Waals surface area contributed by atoms with E-state index >= 15 is 0 Å². The van der Waals surface area contributed by atoms with E-state index in [4.69, 9.17) is 37.4 Å². The minimum atomic E-state index is -0.872. The third-order valence-corrected chi connectivity index (χ3v) is 6.62. The van der Waals surface area contributed by atoms with Gasteiger partial charge in [-0.2, -0.15) is 0 Å². The van der Waals surface area contributed by atoms with Gasteiger partial charge in [-0.1, -0.05) is 41.4 Å². The molecule has 3 aromatic rings. The van der Waals surface area contributed by atoms with Gasteiger partial charge in [-0.15, -0.1) is 0 Å². The predicted octanol–water partition coefficient (Wildman–Crippen LogP) is 5.73. The van der Waals surface area contributed by atoms with Crippen LogP contribution >= 0.6 is 39.1 Å². The van der Waals surface area contributed by atoms with Crippen LogP contribution in [0.2, 0.25) is 10.0 Å². The van der Waals surface area contributed by atoms with E-state index in [1.807, 2.05) is 18.2 Å². The maximum absolute atomic E-state index is 13.2. The van der Waals surface area contributed by atoms with Gasteiger partial charge >= 0.3 is 6.03 Å². The van der Waals surface area contributed by atoms with Crippen LogP contribution in [0.4, 0.5) is 10.5 Å². The van der Waals surface area contributed by atoms with Crippen LogP contribution in [0.5, 0.6) is 17.2 Å². The molecule has 2 heterocycles. The molecule has 0 aliphatic carbocycles. The summed E-state index contributed by atoms with van der Waals surface area (Å²) in [5.74, 6) is -0.372. The van der Waals surface area contributed by atoms with E-state index < -0.39 is 17.8 Å². The van der Waals surface area contributed by atoms with Crippen LogP contribution < -0.4 is 24.4 Å². The molecule has 5 rings (SSSR count). The standard InChI is InChI=1S/C25H15BrCl2N2O6/c26-17-8-13(9-19(28)22(17)34-11-14-3-1-2-4-18(14)27)7-16-23(31)29-25(33)30(24(16)32)15-5-6-20-21(10-15)36-12-35-20/h1-10H,11-12H2,(H,29,31,33)/b16-7+. The van der Waals surface area contributed by atoms with E-state index in [2.05, 4.69) is 21.2 Å². The van der Waals surface area contributed by atoms with Crippen LogP contribution in [0.25, 0.3) is 6.08 Å². The van der Waals surface area contributed by atoms with Gasteiger partial charge in [0.05, 0.1) is 15.2 Å². The summed E-state index contributed by atoms with van der Waals surface area (Å²) in [5.41, 5.74) is 1.20. The number of fused-ring (bicyclic) bond motifs is 1. The Morgan fingerprint density at radius 1 is 1.00 bits per heavy atom. The topological polar surface area (TPSA) is 94.2 Å². The van der Waals surface area contributed by atoms with Crippen LogP contribution in [0.15, 0.2) is 64.6 Å². The first-order valence-electron chi connectivity index (χ1n) is 10.5. The van der Waals surface area contributed by atoms with Crippen molar-refractivity contribution in [3.8, 4) is 17.2 Å². The number of anilines is 1. The Bertz CT molecular complexity index is 1440. The van der Waals surface area contributed by atoms with Crippen molar-refractivity contribution in [2.24, 2.45) is 0 Å². The van der Waals surface area contributed by atoms with E-state index in [0.29, 0.717) is 32.3 Å². The molecule has 11 heteroatoms. The fraction of sp³-hybridized carbons (Fsp3) is 0.0800. The number of carbonyl (C=O) groups excluding carboxylic acids is 3. The van der Waals surface area contributed by atoms with Gasteiger partial charge in [0.25, 0.3) is 11.8 Å². The summed E-state index contributed by atoms with van der Waals surface area (Å²) >= 11 is 16.0. The molecule has 182 valence electrons. The summed E-state index contributed by atoms with van der Waals surface area (Å²) in [4.78, 5) is 39.1. The molecule has 0 radical (unpaired) electrons. The smallest absolute Gasteiger partial charge is 0.335 e. The Hall–Kier alpha value is -3.53. The number of barbiturate groups is 1. The first-order valence-corrected chi connectivity index (χ1v) is 12.0. The lowest BCUT2D eigenvalue weighted by Crippen LogP contribution is -2.54. The highest BCUT2D eigenvalue weighted by molar-refractivity contribution is 9.10. The molecule has 0 unspecified atom stereocenters. The first kappa shape index (κ1) is 24.2. The second kappa shape index (κ2) is 9.85. The second-order valence-corrected chi connectivity index (χ2v) is 9.36.